The van der Waals surface area contributed by atoms with Gasteiger partial charge in [-0.3, -0.25) is 10.1 Å². The summed E-state index contributed by atoms with van der Waals surface area (Å²) in [7, 11) is -1.77. The minimum absolute atomic E-state index is 0.00157. The van der Waals surface area contributed by atoms with E-state index in [2.05, 4.69) is 4.90 Å². The van der Waals surface area contributed by atoms with Gasteiger partial charge in [-0.15, -0.1) is 0 Å². The average molecular weight is 401 g/mol. The van der Waals surface area contributed by atoms with Gasteiger partial charge < -0.3 is 9.80 Å². The molecule has 2 heterocycles. The molecule has 0 aliphatic carbocycles. The lowest BCUT2D eigenvalue weighted by Gasteiger charge is -2.31. The molecule has 10 heteroatoms. The van der Waals surface area contributed by atoms with Gasteiger partial charge in [0.2, 0.25) is 10.0 Å². The highest BCUT2D eigenvalue weighted by Gasteiger charge is 2.30. The molecule has 2 fully saturated rings. The monoisotopic (exact) mass is 400 g/mol. The van der Waals surface area contributed by atoms with Crippen LogP contribution in [0.4, 0.5) is 11.4 Å². The largest absolute Gasteiger partial charge is 0.365 e. The molecule has 2 aliphatic heterocycles. The number of piperazine rings is 1. The van der Waals surface area contributed by atoms with E-state index >= 15 is 0 Å². The molecule has 0 unspecified atom stereocenters. The third-order valence-electron chi connectivity index (χ3n) is 4.81. The normalized spacial score (nSPS) is 20.7. The van der Waals surface area contributed by atoms with Gasteiger partial charge in [0.25, 0.3) is 5.69 Å². The molecule has 144 valence electrons. The van der Waals surface area contributed by atoms with E-state index in [1.54, 1.807) is 6.07 Å². The number of hydrogen-bond acceptors (Lipinski definition) is 7. The number of benzene rings is 1. The number of hydrogen-bond donors (Lipinski definition) is 0. The smallest absolute Gasteiger partial charge is 0.293 e. The van der Waals surface area contributed by atoms with Crippen LogP contribution in [-0.2, 0) is 10.0 Å². The van der Waals surface area contributed by atoms with Crippen LogP contribution in [0.15, 0.2) is 23.1 Å². The van der Waals surface area contributed by atoms with Crippen molar-refractivity contribution in [3.8, 4) is 0 Å². The van der Waals surface area contributed by atoms with E-state index in [-0.39, 0.29) is 10.6 Å². The molecule has 2 saturated heterocycles. The van der Waals surface area contributed by atoms with Gasteiger partial charge in [-0.1, -0.05) is 0 Å². The molecule has 0 aromatic heterocycles. The number of sulfonamides is 1. The van der Waals surface area contributed by atoms with Gasteiger partial charge in [0.1, 0.15) is 5.69 Å². The topological polar surface area (TPSA) is 87.0 Å². The third kappa shape index (κ3) is 4.13. The lowest BCUT2D eigenvalue weighted by molar-refractivity contribution is -0.384. The Morgan fingerprint density at radius 3 is 2.50 bits per heavy atom. The summed E-state index contributed by atoms with van der Waals surface area (Å²) in [5.41, 5.74) is 0.377. The van der Waals surface area contributed by atoms with Crippen LogP contribution in [0, 0.1) is 10.1 Å². The first-order valence-electron chi connectivity index (χ1n) is 8.69. The zero-order valence-corrected chi connectivity index (χ0v) is 16.5. The highest BCUT2D eigenvalue weighted by Crippen LogP contribution is 2.33. The predicted octanol–water partition coefficient (Wildman–Crippen LogP) is 1.47. The van der Waals surface area contributed by atoms with Crippen LogP contribution in [0.2, 0.25) is 0 Å². The van der Waals surface area contributed by atoms with Crippen LogP contribution in [0.5, 0.6) is 0 Å². The number of nitro benzene ring substituents is 1. The van der Waals surface area contributed by atoms with Crippen molar-refractivity contribution in [3.63, 3.8) is 0 Å². The highest BCUT2D eigenvalue weighted by molar-refractivity contribution is 7.99. The van der Waals surface area contributed by atoms with Crippen LogP contribution in [-0.4, -0.2) is 80.4 Å². The first-order chi connectivity index (χ1) is 12.4. The second kappa shape index (κ2) is 8.12. The fourth-order valence-electron chi connectivity index (χ4n) is 3.24. The van der Waals surface area contributed by atoms with Crippen LogP contribution in [0.1, 0.15) is 6.42 Å². The van der Waals surface area contributed by atoms with Crippen molar-refractivity contribution in [1.29, 1.82) is 0 Å². The minimum Gasteiger partial charge on any atom is -0.365 e. The summed E-state index contributed by atoms with van der Waals surface area (Å²) >= 11 is 1.84. The Balaban J connectivity index is 1.91. The zero-order valence-electron chi connectivity index (χ0n) is 14.8. The molecule has 2 aliphatic rings. The van der Waals surface area contributed by atoms with E-state index in [0.29, 0.717) is 31.9 Å². The summed E-state index contributed by atoms with van der Waals surface area (Å²) in [6, 6.07) is 4.33. The second-order valence-corrected chi connectivity index (χ2v) is 9.73. The Labute approximate surface area is 158 Å². The summed E-state index contributed by atoms with van der Waals surface area (Å²) in [4.78, 5) is 15.2. The van der Waals surface area contributed by atoms with Crippen molar-refractivity contribution >= 4 is 33.2 Å². The SMILES string of the molecule is CN1CCN(S(=O)(=O)c2ccc(N3CCCSCC3)c([N+](=O)[O-])c2)CC1. The van der Waals surface area contributed by atoms with Gasteiger partial charge in [0, 0.05) is 51.1 Å². The standard InChI is InChI=1S/C16H24N4O4S2/c1-17-6-8-19(9-7-17)26(23,24)14-3-4-15(16(13-14)20(21)22)18-5-2-11-25-12-10-18/h3-4,13H,2,5-12H2,1H3. The van der Waals surface area contributed by atoms with E-state index in [1.165, 1.54) is 16.4 Å². The third-order valence-corrected chi connectivity index (χ3v) is 7.75. The number of rotatable bonds is 4. The summed E-state index contributed by atoms with van der Waals surface area (Å²) in [5.74, 6) is 1.96. The fraction of sp³-hybridized carbons (Fsp3) is 0.625. The molecule has 0 bridgehead atoms. The summed E-state index contributed by atoms with van der Waals surface area (Å²) in [6.07, 6.45) is 0.961. The lowest BCUT2D eigenvalue weighted by Crippen LogP contribution is -2.47. The molecule has 0 atom stereocenters. The molecule has 1 aromatic rings. The number of nitrogens with zero attached hydrogens (tertiary/aromatic N) is 4. The number of nitro groups is 1. The predicted molar refractivity (Wildman–Crippen MR) is 104 cm³/mol. The Kier molecular flexibility index (Phi) is 6.06. The summed E-state index contributed by atoms with van der Waals surface area (Å²) in [5, 5.41) is 11.6. The Bertz CT molecular complexity index is 756. The van der Waals surface area contributed by atoms with Gasteiger partial charge in [0.05, 0.1) is 9.82 Å². The Morgan fingerprint density at radius 1 is 1.08 bits per heavy atom. The highest BCUT2D eigenvalue weighted by atomic mass is 32.2. The van der Waals surface area contributed by atoms with E-state index in [0.717, 1.165) is 31.0 Å². The number of likely N-dealkylation sites (N-methyl/N-ethyl adjacent to an activating group) is 1. The molecule has 0 N–H and O–H groups in total. The molecule has 1 aromatic carbocycles. The molecule has 0 amide bonds. The first kappa shape index (κ1) is 19.4. The first-order valence-corrected chi connectivity index (χ1v) is 11.3. The van der Waals surface area contributed by atoms with Crippen molar-refractivity contribution in [2.75, 3.05) is 62.7 Å². The summed E-state index contributed by atoms with van der Waals surface area (Å²) < 4.78 is 27.2. The average Bonchev–Trinajstić information content (AvgIpc) is 2.91. The van der Waals surface area contributed by atoms with Crippen LogP contribution in [0.25, 0.3) is 0 Å². The molecule has 0 saturated carbocycles. The van der Waals surface area contributed by atoms with Crippen molar-refractivity contribution in [1.82, 2.24) is 9.21 Å². The van der Waals surface area contributed by atoms with Gasteiger partial charge in [-0.05, 0) is 31.4 Å². The van der Waals surface area contributed by atoms with Crippen molar-refractivity contribution < 1.29 is 13.3 Å². The number of thioether (sulfide) groups is 1. The van der Waals surface area contributed by atoms with Gasteiger partial charge in [-0.2, -0.15) is 16.1 Å². The van der Waals surface area contributed by atoms with E-state index in [4.69, 9.17) is 0 Å². The molecule has 3 rings (SSSR count). The minimum atomic E-state index is -3.72. The van der Waals surface area contributed by atoms with Gasteiger partial charge >= 0.3 is 0 Å². The maximum Gasteiger partial charge on any atom is 0.293 e. The Hall–Kier alpha value is -1.36. The molecule has 26 heavy (non-hydrogen) atoms. The van der Waals surface area contributed by atoms with Crippen molar-refractivity contribution in [2.24, 2.45) is 0 Å². The molecule has 0 spiro atoms. The molecular formula is C16H24N4O4S2. The van der Waals surface area contributed by atoms with Crippen molar-refractivity contribution in [2.45, 2.75) is 11.3 Å². The molecule has 8 nitrogen and oxygen atoms in total. The van der Waals surface area contributed by atoms with Crippen LogP contribution >= 0.6 is 11.8 Å². The maximum absolute atomic E-state index is 12.9. The zero-order chi connectivity index (χ0) is 18.7. The quantitative estimate of drug-likeness (QED) is 0.559. The summed E-state index contributed by atoms with van der Waals surface area (Å²) in [6.45, 7) is 3.60. The van der Waals surface area contributed by atoms with E-state index < -0.39 is 14.9 Å². The van der Waals surface area contributed by atoms with Gasteiger partial charge in [-0.25, -0.2) is 8.42 Å². The molecule has 0 radical (unpaired) electrons. The van der Waals surface area contributed by atoms with Crippen molar-refractivity contribution in [3.05, 3.63) is 28.3 Å². The van der Waals surface area contributed by atoms with E-state index in [9.17, 15) is 18.5 Å². The fourth-order valence-corrected chi connectivity index (χ4v) is 5.57. The van der Waals surface area contributed by atoms with E-state index in [1.807, 2.05) is 23.7 Å². The van der Waals surface area contributed by atoms with Crippen LogP contribution in [0.3, 0.4) is 0 Å². The molecular weight excluding hydrogens is 376 g/mol. The second-order valence-electron chi connectivity index (χ2n) is 6.57. The number of anilines is 1. The van der Waals surface area contributed by atoms with Gasteiger partial charge in [0.15, 0.2) is 0 Å². The maximum atomic E-state index is 12.9. The Morgan fingerprint density at radius 2 is 1.81 bits per heavy atom. The van der Waals surface area contributed by atoms with Crippen LogP contribution < -0.4 is 4.90 Å². The lowest BCUT2D eigenvalue weighted by atomic mass is 10.2.